The molecule has 0 fully saturated rings. The Kier molecular flexibility index (Phi) is 3.47. The van der Waals surface area contributed by atoms with Crippen molar-refractivity contribution >= 4 is 45.6 Å². The topological polar surface area (TPSA) is 30.2 Å². The molecule has 0 bridgehead atoms. The predicted octanol–water partition coefficient (Wildman–Crippen LogP) is 2.86. The number of rotatable bonds is 2. The fourth-order valence-electron chi connectivity index (χ4n) is 0.606. The van der Waals surface area contributed by atoms with Crippen LogP contribution in [0.15, 0.2) is 22.8 Å². The molecule has 0 spiro atoms. The minimum absolute atomic E-state index is 0.115. The van der Waals surface area contributed by atoms with Crippen molar-refractivity contribution in [1.82, 2.24) is 0 Å². The van der Waals surface area contributed by atoms with Crippen LogP contribution in [-0.4, -0.2) is 7.33 Å². The molecule has 1 heterocycles. The van der Waals surface area contributed by atoms with Gasteiger partial charge in [0.15, 0.2) is 0 Å². The predicted molar refractivity (Wildman–Crippen MR) is 50.8 cm³/mol. The monoisotopic (exact) mass is 246 g/mol. The molecule has 1 aromatic heterocycles. The molecule has 0 amide bonds. The molecule has 0 radical (unpaired) electrons. The quantitative estimate of drug-likeness (QED) is 0.752. The molecule has 1 aromatic rings. The zero-order valence-corrected chi connectivity index (χ0v) is 8.88. The Bertz CT molecular complexity index is 265. The van der Waals surface area contributed by atoms with Crippen molar-refractivity contribution in [3.63, 3.8) is 0 Å². The molecule has 1 rings (SSSR count). The van der Waals surface area contributed by atoms with E-state index >= 15 is 0 Å². The van der Waals surface area contributed by atoms with Gasteiger partial charge in [0, 0.05) is 0 Å². The van der Waals surface area contributed by atoms with Gasteiger partial charge in [0.1, 0.15) is 5.76 Å². The summed E-state index contributed by atoms with van der Waals surface area (Å²) in [5.41, 5.74) is 0. The van der Waals surface area contributed by atoms with E-state index in [1.54, 1.807) is 12.1 Å². The van der Waals surface area contributed by atoms with E-state index in [1.807, 2.05) is 0 Å². The van der Waals surface area contributed by atoms with Crippen LogP contribution in [0.25, 0.3) is 0 Å². The summed E-state index contributed by atoms with van der Waals surface area (Å²) in [6.45, 7) is 0. The van der Waals surface area contributed by atoms with Crippen molar-refractivity contribution < 1.29 is 8.63 Å². The van der Waals surface area contributed by atoms with Crippen molar-refractivity contribution in [3.05, 3.63) is 24.2 Å². The third-order valence-corrected chi connectivity index (χ3v) is 3.72. The van der Waals surface area contributed by atoms with Crippen LogP contribution >= 0.6 is 34.8 Å². The summed E-state index contributed by atoms with van der Waals surface area (Å²) < 4.78 is 14.4. The maximum Gasteiger partial charge on any atom is 0.266 e. The van der Waals surface area contributed by atoms with E-state index in [0.29, 0.717) is 5.76 Å². The molecule has 0 saturated carbocycles. The lowest BCUT2D eigenvalue weighted by Gasteiger charge is -2.08. The van der Waals surface area contributed by atoms with Crippen molar-refractivity contribution in [3.8, 4) is 0 Å². The average molecular weight is 248 g/mol. The molecule has 0 saturated heterocycles. The summed E-state index contributed by atoms with van der Waals surface area (Å²) >= 11 is 16.2. The summed E-state index contributed by atoms with van der Waals surface area (Å²) in [5.74, 6) is 0.656. The normalized spacial score (nSPS) is 14.6. The highest BCUT2D eigenvalue weighted by molar-refractivity contribution is 7.90. The van der Waals surface area contributed by atoms with E-state index in [1.165, 1.54) is 6.26 Å². The highest BCUT2D eigenvalue weighted by Crippen LogP contribution is 2.31. The first-order valence-electron chi connectivity index (χ1n) is 2.98. The number of furan rings is 1. The molecule has 1 unspecified atom stereocenters. The summed E-state index contributed by atoms with van der Waals surface area (Å²) in [7, 11) is -1.56. The molecule has 68 valence electrons. The lowest BCUT2D eigenvalue weighted by atomic mass is 10.5. The Morgan fingerprint density at radius 3 is 2.58 bits per heavy atom. The third kappa shape index (κ3) is 2.98. The summed E-state index contributed by atoms with van der Waals surface area (Å²) in [6.07, 6.45) is 1.48. The Hall–Kier alpha value is 0.300. The fraction of sp³-hybridized carbons (Fsp3) is 0.333. The molecule has 6 heteroatoms. The van der Waals surface area contributed by atoms with Gasteiger partial charge in [-0.1, -0.05) is 34.8 Å². The first kappa shape index (κ1) is 10.4. The standard InChI is InChI=1S/C6H5Cl3O2S/c7-6(8,9)12(10)4-5-2-1-3-11-5/h1-3H,4H2. The molecule has 0 aliphatic heterocycles. The fourth-order valence-corrected chi connectivity index (χ4v) is 1.68. The van der Waals surface area contributed by atoms with Crippen LogP contribution in [0.2, 0.25) is 0 Å². The molecule has 2 nitrogen and oxygen atoms in total. The van der Waals surface area contributed by atoms with Crippen LogP contribution in [0, 0.1) is 0 Å². The minimum Gasteiger partial charge on any atom is -0.468 e. The van der Waals surface area contributed by atoms with Crippen LogP contribution in [0.1, 0.15) is 5.76 Å². The van der Waals surface area contributed by atoms with Crippen LogP contribution in [0.3, 0.4) is 0 Å². The van der Waals surface area contributed by atoms with Gasteiger partial charge in [-0.25, -0.2) is 0 Å². The molecular formula is C6H5Cl3O2S. The lowest BCUT2D eigenvalue weighted by Crippen LogP contribution is -2.13. The lowest BCUT2D eigenvalue weighted by molar-refractivity contribution is 0.528. The van der Waals surface area contributed by atoms with Gasteiger partial charge in [0.25, 0.3) is 3.12 Å². The Balaban J connectivity index is 2.60. The van der Waals surface area contributed by atoms with E-state index in [4.69, 9.17) is 39.2 Å². The van der Waals surface area contributed by atoms with Gasteiger partial charge < -0.3 is 4.42 Å². The van der Waals surface area contributed by atoms with Crippen LogP contribution in [-0.2, 0) is 16.6 Å². The molecule has 0 aromatic carbocycles. The third-order valence-electron chi connectivity index (χ3n) is 1.11. The van der Waals surface area contributed by atoms with Gasteiger partial charge in [0.2, 0.25) is 0 Å². The number of halogens is 3. The first-order chi connectivity index (χ1) is 5.50. The molecular weight excluding hydrogens is 242 g/mol. The second-order valence-corrected chi connectivity index (χ2v) is 6.56. The van der Waals surface area contributed by atoms with Crippen molar-refractivity contribution in [2.45, 2.75) is 8.88 Å². The first-order valence-corrected chi connectivity index (χ1v) is 5.43. The molecule has 0 aliphatic rings. The second kappa shape index (κ2) is 4.01. The largest absolute Gasteiger partial charge is 0.468 e. The molecule has 1 atom stereocenters. The van der Waals surface area contributed by atoms with E-state index in [0.717, 1.165) is 0 Å². The zero-order chi connectivity index (χ0) is 9.19. The Labute approximate surface area is 87.2 Å². The summed E-state index contributed by atoms with van der Waals surface area (Å²) in [5, 5.41) is 0. The SMILES string of the molecule is O=S(Cc1ccco1)C(Cl)(Cl)Cl. The van der Waals surface area contributed by atoms with Gasteiger partial charge in [0.05, 0.1) is 22.8 Å². The average Bonchev–Trinajstić information content (AvgIpc) is 2.37. The Morgan fingerprint density at radius 2 is 2.17 bits per heavy atom. The van der Waals surface area contributed by atoms with E-state index in [-0.39, 0.29) is 5.75 Å². The highest BCUT2D eigenvalue weighted by Gasteiger charge is 2.29. The minimum atomic E-state index is -1.74. The van der Waals surface area contributed by atoms with E-state index < -0.39 is 13.9 Å². The van der Waals surface area contributed by atoms with Gasteiger partial charge in [-0.05, 0) is 12.1 Å². The maximum atomic E-state index is 11.2. The van der Waals surface area contributed by atoms with Gasteiger partial charge in [-0.3, -0.25) is 4.21 Å². The van der Waals surface area contributed by atoms with Crippen LogP contribution < -0.4 is 0 Å². The zero-order valence-electron chi connectivity index (χ0n) is 5.80. The number of hydrogen-bond acceptors (Lipinski definition) is 2. The highest BCUT2D eigenvalue weighted by atomic mass is 35.6. The van der Waals surface area contributed by atoms with Gasteiger partial charge in [-0.2, -0.15) is 0 Å². The number of alkyl halides is 3. The molecule has 0 N–H and O–H groups in total. The molecule has 12 heavy (non-hydrogen) atoms. The van der Waals surface area contributed by atoms with E-state index in [9.17, 15) is 4.21 Å². The van der Waals surface area contributed by atoms with Crippen LogP contribution in [0.4, 0.5) is 0 Å². The summed E-state index contributed by atoms with van der Waals surface area (Å²) in [6, 6.07) is 3.36. The van der Waals surface area contributed by atoms with Crippen molar-refractivity contribution in [2.75, 3.05) is 0 Å². The van der Waals surface area contributed by atoms with E-state index in [2.05, 4.69) is 0 Å². The van der Waals surface area contributed by atoms with Crippen LogP contribution in [0.5, 0.6) is 0 Å². The second-order valence-electron chi connectivity index (χ2n) is 2.01. The maximum absolute atomic E-state index is 11.2. The summed E-state index contributed by atoms with van der Waals surface area (Å²) in [4.78, 5) is 0. The number of hydrogen-bond donors (Lipinski definition) is 0. The molecule has 0 aliphatic carbocycles. The van der Waals surface area contributed by atoms with Gasteiger partial charge >= 0.3 is 0 Å². The van der Waals surface area contributed by atoms with Crippen molar-refractivity contribution in [1.29, 1.82) is 0 Å². The van der Waals surface area contributed by atoms with Crippen molar-refractivity contribution in [2.24, 2.45) is 0 Å². The van der Waals surface area contributed by atoms with Gasteiger partial charge in [-0.15, -0.1) is 0 Å². The Morgan fingerprint density at radius 1 is 1.50 bits per heavy atom. The smallest absolute Gasteiger partial charge is 0.266 e.